The van der Waals surface area contributed by atoms with Crippen LogP contribution in [0.3, 0.4) is 0 Å². The molecule has 0 saturated carbocycles. The molecule has 0 fully saturated rings. The molecular weight excluding hydrogens is 480 g/mol. The zero-order valence-corrected chi connectivity index (χ0v) is 16.4. The summed E-state index contributed by atoms with van der Waals surface area (Å²) in [5.74, 6) is -4.64. The van der Waals surface area contributed by atoms with Gasteiger partial charge in [0.25, 0.3) is 10.0 Å². The lowest BCUT2D eigenvalue weighted by Crippen LogP contribution is -2.49. The van der Waals surface area contributed by atoms with Gasteiger partial charge in [-0.3, -0.25) is 0 Å². The van der Waals surface area contributed by atoms with Gasteiger partial charge in [0.05, 0.1) is 34.5 Å². The second-order valence-corrected chi connectivity index (χ2v) is 8.05. The van der Waals surface area contributed by atoms with E-state index in [0.29, 0.717) is 17.1 Å². The van der Waals surface area contributed by atoms with Gasteiger partial charge in [-0.05, 0) is 12.1 Å². The normalized spacial score (nSPS) is 18.8. The Morgan fingerprint density at radius 1 is 1.21 bits per heavy atom. The number of nitriles is 1. The van der Waals surface area contributed by atoms with E-state index in [9.17, 15) is 35.6 Å². The van der Waals surface area contributed by atoms with Crippen molar-refractivity contribution >= 4 is 50.5 Å². The van der Waals surface area contributed by atoms with Crippen molar-refractivity contribution in [3.63, 3.8) is 0 Å². The number of hydrogen-bond donors (Lipinski definition) is 0. The summed E-state index contributed by atoms with van der Waals surface area (Å²) in [6.07, 6.45) is -4.85. The van der Waals surface area contributed by atoms with Crippen molar-refractivity contribution in [2.45, 2.75) is 18.0 Å². The summed E-state index contributed by atoms with van der Waals surface area (Å²) < 4.78 is 94.0. The van der Waals surface area contributed by atoms with Crippen LogP contribution in [0.2, 0.25) is 10.0 Å². The van der Waals surface area contributed by atoms with Crippen LogP contribution in [0.15, 0.2) is 23.0 Å². The molecule has 0 bridgehead atoms. The van der Waals surface area contributed by atoms with E-state index in [-0.39, 0.29) is 4.41 Å². The van der Waals surface area contributed by atoms with E-state index in [1.165, 1.54) is 6.07 Å². The number of sulfonamides is 1. The number of rotatable bonds is 4. The average Bonchev–Trinajstić information content (AvgIpc) is 2.85. The van der Waals surface area contributed by atoms with Gasteiger partial charge in [0, 0.05) is 0 Å². The van der Waals surface area contributed by atoms with Crippen LogP contribution in [0.4, 0.5) is 27.6 Å². The number of nitrogens with zero attached hydrogens (tertiary/aromatic N) is 3. The molecule has 154 valence electrons. The average molecular weight is 487 g/mol. The van der Waals surface area contributed by atoms with Crippen LogP contribution in [-0.2, 0) is 20.9 Å². The first-order valence-corrected chi connectivity index (χ1v) is 9.43. The zero-order chi connectivity index (χ0) is 21.6. The molecule has 0 spiro atoms. The van der Waals surface area contributed by atoms with Crippen molar-refractivity contribution < 1.29 is 35.1 Å². The SMILES string of the molecule is COC1=C(Cl)C(C#N)N(S(=O)(=O)C(F)F)N1c1c(Cl)cc(C(F)(F)F)cc1Cl. The molecule has 0 radical (unpaired) electrons. The van der Waals surface area contributed by atoms with Gasteiger partial charge >= 0.3 is 11.9 Å². The fraction of sp³-hybridized carbons (Fsp3) is 0.308. The van der Waals surface area contributed by atoms with Crippen LogP contribution < -0.4 is 5.01 Å². The predicted octanol–water partition coefficient (Wildman–Crippen LogP) is 4.55. The summed E-state index contributed by atoms with van der Waals surface area (Å²) >= 11 is 17.6. The highest BCUT2D eigenvalue weighted by atomic mass is 35.5. The Morgan fingerprint density at radius 3 is 2.07 bits per heavy atom. The maximum absolute atomic E-state index is 13.2. The van der Waals surface area contributed by atoms with Crippen LogP contribution in [0.25, 0.3) is 0 Å². The summed E-state index contributed by atoms with van der Waals surface area (Å²) in [7, 11) is -4.56. The quantitative estimate of drug-likeness (QED) is 0.584. The van der Waals surface area contributed by atoms with Crippen molar-refractivity contribution in [3.05, 3.63) is 38.7 Å². The number of methoxy groups -OCH3 is 1. The Bertz CT molecular complexity index is 955. The van der Waals surface area contributed by atoms with Crippen molar-refractivity contribution in [2.24, 2.45) is 0 Å². The number of benzene rings is 1. The van der Waals surface area contributed by atoms with Crippen molar-refractivity contribution in [2.75, 3.05) is 12.1 Å². The summed E-state index contributed by atoms with van der Waals surface area (Å²) in [5, 5.41) is 7.39. The van der Waals surface area contributed by atoms with Gasteiger partial charge in [-0.15, -0.1) is 0 Å². The van der Waals surface area contributed by atoms with Crippen LogP contribution in [-0.4, -0.2) is 31.7 Å². The molecule has 1 heterocycles. The highest BCUT2D eigenvalue weighted by Gasteiger charge is 2.52. The second kappa shape index (κ2) is 7.72. The van der Waals surface area contributed by atoms with Gasteiger partial charge in [0.15, 0.2) is 6.04 Å². The Morgan fingerprint density at radius 2 is 1.71 bits per heavy atom. The third-order valence-electron chi connectivity index (χ3n) is 3.41. The van der Waals surface area contributed by atoms with Crippen molar-refractivity contribution in [3.8, 4) is 6.07 Å². The molecule has 0 aliphatic carbocycles. The van der Waals surface area contributed by atoms with Gasteiger partial charge in [-0.2, -0.15) is 27.2 Å². The van der Waals surface area contributed by atoms with Crippen molar-refractivity contribution in [1.29, 1.82) is 5.26 Å². The number of anilines is 1. The Labute approximate surface area is 170 Å². The minimum atomic E-state index is -5.53. The number of ether oxygens (including phenoxy) is 1. The molecule has 15 heteroatoms. The third kappa shape index (κ3) is 3.69. The van der Waals surface area contributed by atoms with Gasteiger partial charge < -0.3 is 4.74 Å². The topological polar surface area (TPSA) is 73.6 Å². The highest BCUT2D eigenvalue weighted by Crippen LogP contribution is 2.47. The lowest BCUT2D eigenvalue weighted by atomic mass is 10.2. The smallest absolute Gasteiger partial charge is 0.416 e. The van der Waals surface area contributed by atoms with E-state index in [2.05, 4.69) is 0 Å². The summed E-state index contributed by atoms with van der Waals surface area (Å²) in [6.45, 7) is 0. The van der Waals surface area contributed by atoms with Gasteiger partial charge in [0.1, 0.15) is 5.03 Å². The first-order valence-electron chi connectivity index (χ1n) is 6.80. The molecule has 1 aliphatic rings. The molecular formula is C13H7Cl3F5N3O3S. The molecule has 2 rings (SSSR count). The molecule has 0 saturated heterocycles. The first kappa shape index (κ1) is 22.8. The number of alkyl halides is 5. The summed E-state index contributed by atoms with van der Waals surface area (Å²) in [4.78, 5) is 0. The zero-order valence-electron chi connectivity index (χ0n) is 13.3. The lowest BCUT2D eigenvalue weighted by Gasteiger charge is -2.32. The molecule has 1 atom stereocenters. The molecule has 1 aliphatic heterocycles. The standard InChI is InChI=1S/C13H7Cl3F5N3O3S/c1-27-11-9(16)8(4-22)24(28(25,26)12(17)18)23(11)10-6(14)2-5(3-7(10)15)13(19,20)21/h2-3,8,12H,1H3. The largest absolute Gasteiger partial charge is 0.480 e. The van der Waals surface area contributed by atoms with Crippen LogP contribution in [0, 0.1) is 11.3 Å². The van der Waals surface area contributed by atoms with E-state index in [0.717, 1.165) is 7.11 Å². The molecule has 6 nitrogen and oxygen atoms in total. The Kier molecular flexibility index (Phi) is 6.28. The Balaban J connectivity index is 2.81. The van der Waals surface area contributed by atoms with Gasteiger partial charge in [-0.25, -0.2) is 13.4 Å². The van der Waals surface area contributed by atoms with Gasteiger partial charge in [-0.1, -0.05) is 39.2 Å². The molecule has 1 aromatic carbocycles. The molecule has 0 aromatic heterocycles. The Hall–Kier alpha value is -1.52. The lowest BCUT2D eigenvalue weighted by molar-refractivity contribution is -0.137. The fourth-order valence-electron chi connectivity index (χ4n) is 2.28. The molecule has 0 N–H and O–H groups in total. The monoisotopic (exact) mass is 485 g/mol. The van der Waals surface area contributed by atoms with E-state index < -0.39 is 60.2 Å². The number of hydrazine groups is 1. The van der Waals surface area contributed by atoms with E-state index in [1.807, 2.05) is 0 Å². The van der Waals surface area contributed by atoms with Crippen LogP contribution >= 0.6 is 34.8 Å². The van der Waals surface area contributed by atoms with Gasteiger partial charge in [0.2, 0.25) is 5.88 Å². The first-order chi connectivity index (χ1) is 12.8. The van der Waals surface area contributed by atoms with Crippen molar-refractivity contribution in [1.82, 2.24) is 4.41 Å². The summed E-state index contributed by atoms with van der Waals surface area (Å²) in [6, 6.07) is 0.203. The highest BCUT2D eigenvalue weighted by molar-refractivity contribution is 7.89. The predicted molar refractivity (Wildman–Crippen MR) is 90.0 cm³/mol. The maximum Gasteiger partial charge on any atom is 0.416 e. The van der Waals surface area contributed by atoms with E-state index in [1.54, 1.807) is 0 Å². The minimum Gasteiger partial charge on any atom is -0.480 e. The number of halogens is 8. The van der Waals surface area contributed by atoms with Crippen LogP contribution in [0.1, 0.15) is 5.56 Å². The number of hydrogen-bond acceptors (Lipinski definition) is 5. The fourth-order valence-corrected chi connectivity index (χ4v) is 4.28. The minimum absolute atomic E-state index is 0.154. The summed E-state index contributed by atoms with van der Waals surface area (Å²) in [5.41, 5.74) is -1.94. The van der Waals surface area contributed by atoms with E-state index >= 15 is 0 Å². The van der Waals surface area contributed by atoms with Crippen LogP contribution in [0.5, 0.6) is 0 Å². The second-order valence-electron chi connectivity index (χ2n) is 5.07. The molecule has 28 heavy (non-hydrogen) atoms. The third-order valence-corrected chi connectivity index (χ3v) is 5.70. The molecule has 1 unspecified atom stereocenters. The maximum atomic E-state index is 13.2. The van der Waals surface area contributed by atoms with E-state index in [4.69, 9.17) is 39.5 Å². The molecule has 1 aromatic rings. The molecule has 0 amide bonds.